The van der Waals surface area contributed by atoms with Gasteiger partial charge in [-0.1, -0.05) is 0 Å². The van der Waals surface area contributed by atoms with Gasteiger partial charge in [0.2, 0.25) is 12.8 Å². The van der Waals surface area contributed by atoms with Crippen LogP contribution in [0.2, 0.25) is 0 Å². The molecule has 1 heterocycles. The molecule has 1 aromatic heterocycles. The molecule has 1 rings (SSSR count). The Hall–Kier alpha value is -0.875. The zero-order valence-electron chi connectivity index (χ0n) is 3.93. The zero-order valence-corrected chi connectivity index (χ0v) is 3.93. The maximum absolute atomic E-state index is 7.00. The average Bonchev–Trinajstić information content (AvgIpc) is 2.17. The minimum atomic E-state index is 0. The van der Waals surface area contributed by atoms with Crippen molar-refractivity contribution in [1.82, 2.24) is 10.2 Å². The quantitative estimate of drug-likeness (QED) is 0.405. The second-order valence-corrected chi connectivity index (χ2v) is 0.693. The third-order valence-electron chi connectivity index (χ3n) is 0.283. The van der Waals surface area contributed by atoms with Crippen LogP contribution in [-0.2, 0) is 0 Å². The largest absolute Gasteiger partial charge is 0.482 e. The molecule has 6 heteroatoms. The summed E-state index contributed by atoms with van der Waals surface area (Å²) in [5.74, 6) is 0. The summed E-state index contributed by atoms with van der Waals surface area (Å²) in [6.07, 6.45) is 2.53. The minimum absolute atomic E-state index is 0. The van der Waals surface area contributed by atoms with E-state index in [2.05, 4.69) is 14.6 Å². The summed E-state index contributed by atoms with van der Waals surface area (Å²) in [4.78, 5) is 0. The molecule has 2 N–H and O–H groups in total. The Kier molecular flexibility index (Phi) is 5.45. The van der Waals surface area contributed by atoms with Crippen molar-refractivity contribution in [2.75, 3.05) is 0 Å². The van der Waals surface area contributed by atoms with Gasteiger partial charge in [0.15, 0.2) is 0 Å². The number of nitrogens with zero attached hydrogens (tertiary/aromatic N) is 2. The molecule has 0 spiro atoms. The van der Waals surface area contributed by atoms with Crippen molar-refractivity contribution >= 4 is 7.69 Å². The van der Waals surface area contributed by atoms with E-state index in [9.17, 15) is 0 Å². The van der Waals surface area contributed by atoms with Gasteiger partial charge in [0.1, 0.15) is 0 Å². The van der Waals surface area contributed by atoms with Gasteiger partial charge in [-0.25, -0.2) is 0 Å². The van der Waals surface area contributed by atoms with Crippen molar-refractivity contribution in [1.29, 1.82) is 0 Å². The second kappa shape index (κ2) is 6.12. The molecule has 8 heavy (non-hydrogen) atoms. The summed E-state index contributed by atoms with van der Waals surface area (Å²) < 4.78 is 4.36. The van der Waals surface area contributed by atoms with Crippen molar-refractivity contribution in [2.45, 2.75) is 0 Å². The smallest absolute Gasteiger partial charge is 0.431 e. The maximum Gasteiger partial charge on any atom is 0.482 e. The molecule has 0 aliphatic heterocycles. The van der Waals surface area contributed by atoms with Crippen molar-refractivity contribution in [2.24, 2.45) is 0 Å². The molecule has 0 atom stereocenters. The molecule has 0 aromatic carbocycles. The van der Waals surface area contributed by atoms with Gasteiger partial charge in [0.05, 0.1) is 0 Å². The van der Waals surface area contributed by atoms with Crippen molar-refractivity contribution in [3.05, 3.63) is 12.8 Å². The Morgan fingerprint density at radius 3 is 1.75 bits per heavy atom. The van der Waals surface area contributed by atoms with E-state index >= 15 is 0 Å². The molecule has 0 saturated heterocycles. The Labute approximate surface area is 46.3 Å². The number of hydrogen-bond donors (Lipinski definition) is 2. The molecule has 0 aliphatic rings. The summed E-state index contributed by atoms with van der Waals surface area (Å²) in [6.45, 7) is 0. The van der Waals surface area contributed by atoms with E-state index in [0.717, 1.165) is 0 Å². The first-order chi connectivity index (χ1) is 3.91. The third kappa shape index (κ3) is 5.12. The van der Waals surface area contributed by atoms with E-state index in [4.69, 9.17) is 10.0 Å². The maximum atomic E-state index is 7.00. The third-order valence-corrected chi connectivity index (χ3v) is 0.283. The van der Waals surface area contributed by atoms with E-state index in [0.29, 0.717) is 0 Å². The van der Waals surface area contributed by atoms with E-state index in [1.807, 2.05) is 0 Å². The fraction of sp³-hybridized carbons (Fsp3) is 0. The molecule has 0 aliphatic carbocycles. The lowest BCUT2D eigenvalue weighted by Gasteiger charge is -1.46. The topological polar surface area (TPSA) is 79.4 Å². The van der Waals surface area contributed by atoms with Crippen molar-refractivity contribution < 1.29 is 14.5 Å². The molecule has 0 fully saturated rings. The van der Waals surface area contributed by atoms with E-state index < -0.39 is 0 Å². The lowest BCUT2D eigenvalue weighted by atomic mass is 10.5. The molecular formula is C2H4BN2O3. The highest BCUT2D eigenvalue weighted by Crippen LogP contribution is 1.64. The van der Waals surface area contributed by atoms with Crippen molar-refractivity contribution in [3.8, 4) is 0 Å². The summed E-state index contributed by atoms with van der Waals surface area (Å²) in [5, 5.41) is 20.6. The van der Waals surface area contributed by atoms with Crippen LogP contribution in [0.3, 0.4) is 0 Å². The first-order valence-electron chi connectivity index (χ1n) is 1.70. The van der Waals surface area contributed by atoms with Gasteiger partial charge in [-0.3, -0.25) is 0 Å². The van der Waals surface area contributed by atoms with E-state index in [1.165, 1.54) is 12.8 Å². The van der Waals surface area contributed by atoms with Gasteiger partial charge in [-0.05, 0) is 0 Å². The minimum Gasteiger partial charge on any atom is -0.431 e. The molecule has 1 aromatic rings. The Balaban J connectivity index is 0.000000145. The SMILES string of the molecule is O[B]O.c1nnco1. The first kappa shape index (κ1) is 7.12. The molecule has 0 saturated carbocycles. The van der Waals surface area contributed by atoms with Gasteiger partial charge >= 0.3 is 7.69 Å². The van der Waals surface area contributed by atoms with Crippen LogP contribution < -0.4 is 0 Å². The van der Waals surface area contributed by atoms with E-state index in [1.54, 1.807) is 0 Å². The van der Waals surface area contributed by atoms with E-state index in [-0.39, 0.29) is 7.69 Å². The van der Waals surface area contributed by atoms with Crippen LogP contribution in [0.25, 0.3) is 0 Å². The highest BCUT2D eigenvalue weighted by Gasteiger charge is 1.60. The Morgan fingerprint density at radius 2 is 1.62 bits per heavy atom. The predicted octanol–water partition coefficient (Wildman–Crippen LogP) is -1.43. The highest BCUT2D eigenvalue weighted by molar-refractivity contribution is 6.13. The Morgan fingerprint density at radius 1 is 1.25 bits per heavy atom. The van der Waals surface area contributed by atoms with Gasteiger partial charge in [0.25, 0.3) is 0 Å². The summed E-state index contributed by atoms with van der Waals surface area (Å²) in [6, 6.07) is 0. The molecule has 43 valence electrons. The number of hydrogen-bond acceptors (Lipinski definition) is 5. The van der Waals surface area contributed by atoms with Gasteiger partial charge < -0.3 is 14.5 Å². The lowest BCUT2D eigenvalue weighted by Crippen LogP contribution is -1.75. The second-order valence-electron chi connectivity index (χ2n) is 0.693. The molecule has 0 bridgehead atoms. The Bertz CT molecular complexity index is 82.2. The summed E-state index contributed by atoms with van der Waals surface area (Å²) in [7, 11) is 0. The fourth-order valence-electron chi connectivity index (χ4n) is 0.136. The molecule has 1 radical (unpaired) electrons. The van der Waals surface area contributed by atoms with Crippen LogP contribution in [0, 0.1) is 0 Å². The molecule has 0 amide bonds. The van der Waals surface area contributed by atoms with Crippen LogP contribution in [0.5, 0.6) is 0 Å². The zero-order chi connectivity index (χ0) is 6.24. The van der Waals surface area contributed by atoms with Gasteiger partial charge in [0, 0.05) is 0 Å². The normalized spacial score (nSPS) is 6.75. The molecular weight excluding hydrogens is 111 g/mol. The van der Waals surface area contributed by atoms with Crippen LogP contribution in [0.4, 0.5) is 0 Å². The fourth-order valence-corrected chi connectivity index (χ4v) is 0.136. The average molecular weight is 115 g/mol. The van der Waals surface area contributed by atoms with Gasteiger partial charge in [-0.2, -0.15) is 0 Å². The van der Waals surface area contributed by atoms with Crippen LogP contribution in [0.15, 0.2) is 17.2 Å². The predicted molar refractivity (Wildman–Crippen MR) is 24.5 cm³/mol. The summed E-state index contributed by atoms with van der Waals surface area (Å²) >= 11 is 0. The number of aromatic nitrogens is 2. The number of rotatable bonds is 0. The highest BCUT2D eigenvalue weighted by atomic mass is 16.4. The van der Waals surface area contributed by atoms with Crippen LogP contribution in [-0.4, -0.2) is 27.9 Å². The van der Waals surface area contributed by atoms with Crippen LogP contribution >= 0.6 is 0 Å². The molecule has 5 nitrogen and oxygen atoms in total. The lowest BCUT2D eigenvalue weighted by molar-refractivity contribution is 0.448. The first-order valence-corrected chi connectivity index (χ1v) is 1.70. The summed E-state index contributed by atoms with van der Waals surface area (Å²) in [5.41, 5.74) is 0. The van der Waals surface area contributed by atoms with Crippen molar-refractivity contribution in [3.63, 3.8) is 0 Å². The van der Waals surface area contributed by atoms with Gasteiger partial charge in [-0.15, -0.1) is 10.2 Å². The molecule has 0 unspecified atom stereocenters. The standard InChI is InChI=1S/C2H2N2O.BH2O2/c1-3-4-2-5-1;2-1-3/h1-2H;2-3H. The monoisotopic (exact) mass is 115 g/mol. The van der Waals surface area contributed by atoms with Crippen LogP contribution in [0.1, 0.15) is 0 Å².